The van der Waals surface area contributed by atoms with Crippen molar-refractivity contribution in [1.82, 2.24) is 9.58 Å². The van der Waals surface area contributed by atoms with Crippen LogP contribution in [0.3, 0.4) is 0 Å². The first kappa shape index (κ1) is 18.7. The Kier molecular flexibility index (Phi) is 4.29. The minimum atomic E-state index is -1.45. The molecule has 3 heterocycles. The van der Waals surface area contributed by atoms with Crippen LogP contribution in [0, 0.1) is 17.0 Å². The summed E-state index contributed by atoms with van der Waals surface area (Å²) < 4.78 is 31.5. The van der Waals surface area contributed by atoms with Gasteiger partial charge in [-0.1, -0.05) is 0 Å². The number of likely N-dealkylation sites (tertiary alicyclic amines) is 1. The largest absolute Gasteiger partial charge is 0.477 e. The van der Waals surface area contributed by atoms with Gasteiger partial charge in [-0.2, -0.15) is 0 Å². The van der Waals surface area contributed by atoms with Crippen molar-refractivity contribution in [2.75, 3.05) is 50.6 Å². The lowest BCUT2D eigenvalue weighted by Crippen LogP contribution is -2.31. The molecule has 0 radical (unpaired) electrons. The van der Waals surface area contributed by atoms with Crippen molar-refractivity contribution in [3.63, 3.8) is 0 Å². The zero-order valence-electron chi connectivity index (χ0n) is 15.8. The lowest BCUT2D eigenvalue weighted by molar-refractivity contribution is 0.0695. The number of hydrogen-bond acceptors (Lipinski definition) is 5. The van der Waals surface area contributed by atoms with Crippen molar-refractivity contribution in [2.24, 2.45) is 5.41 Å². The molecule has 2 N–H and O–H groups in total. The van der Waals surface area contributed by atoms with Crippen molar-refractivity contribution in [2.45, 2.75) is 12.8 Å². The van der Waals surface area contributed by atoms with E-state index in [-0.39, 0.29) is 22.0 Å². The maximum atomic E-state index is 15.5. The molecule has 1 aromatic heterocycles. The summed E-state index contributed by atoms with van der Waals surface area (Å²) >= 11 is 0. The fourth-order valence-electron chi connectivity index (χ4n) is 4.64. The lowest BCUT2D eigenvalue weighted by atomic mass is 9.86. The summed E-state index contributed by atoms with van der Waals surface area (Å²) in [5, 5.41) is 8.91. The number of aromatic nitrogens is 1. The third kappa shape index (κ3) is 2.72. The second-order valence-corrected chi connectivity index (χ2v) is 7.85. The summed E-state index contributed by atoms with van der Waals surface area (Å²) in [6, 6.07) is 0.947. The summed E-state index contributed by atoms with van der Waals surface area (Å²) in [6.07, 6.45) is 2.86. The van der Waals surface area contributed by atoms with Crippen LogP contribution in [-0.2, 0) is 0 Å². The number of anilines is 1. The normalized spacial score (nSPS) is 22.5. The van der Waals surface area contributed by atoms with Crippen LogP contribution in [0.1, 0.15) is 23.2 Å². The van der Waals surface area contributed by atoms with Crippen LogP contribution in [0.25, 0.3) is 10.9 Å². The van der Waals surface area contributed by atoms with Gasteiger partial charge < -0.3 is 20.3 Å². The van der Waals surface area contributed by atoms with Crippen molar-refractivity contribution in [1.29, 1.82) is 0 Å². The molecule has 2 aliphatic heterocycles. The molecule has 0 amide bonds. The van der Waals surface area contributed by atoms with Gasteiger partial charge in [0, 0.05) is 38.3 Å². The summed E-state index contributed by atoms with van der Waals surface area (Å²) in [4.78, 5) is 27.7. The van der Waals surface area contributed by atoms with Crippen LogP contribution in [0.15, 0.2) is 17.1 Å². The highest BCUT2D eigenvalue weighted by Gasteiger charge is 2.43. The second-order valence-electron chi connectivity index (χ2n) is 7.85. The molecular formula is C19H22F2N4O3. The Morgan fingerprint density at radius 1 is 1.25 bits per heavy atom. The van der Waals surface area contributed by atoms with Crippen molar-refractivity contribution in [3.05, 3.63) is 39.7 Å². The Balaban J connectivity index is 1.86. The fraction of sp³-hybridized carbons (Fsp3) is 0.474. The smallest absolute Gasteiger partial charge is 0.341 e. The van der Waals surface area contributed by atoms with Crippen molar-refractivity contribution in [3.8, 4) is 0 Å². The molecule has 0 bridgehead atoms. The molecule has 150 valence electrons. The Morgan fingerprint density at radius 2 is 1.96 bits per heavy atom. The average molecular weight is 392 g/mol. The van der Waals surface area contributed by atoms with Crippen LogP contribution in [0.2, 0.25) is 0 Å². The van der Waals surface area contributed by atoms with Crippen LogP contribution < -0.4 is 15.8 Å². The SMILES string of the molecule is CNn1cc(C(=O)O)c(=O)c2cc(F)c(N3CCC4(CCN(C)C4)C3)c(F)c21. The number of rotatable bonds is 3. The molecule has 2 aliphatic rings. The van der Waals surface area contributed by atoms with Gasteiger partial charge in [0.1, 0.15) is 22.6 Å². The summed E-state index contributed by atoms with van der Waals surface area (Å²) in [6.45, 7) is 2.94. The minimum Gasteiger partial charge on any atom is -0.477 e. The van der Waals surface area contributed by atoms with Gasteiger partial charge in [0.25, 0.3) is 0 Å². The molecule has 2 saturated heterocycles. The maximum absolute atomic E-state index is 15.5. The standard InChI is InChI=1S/C19H22F2N4O3/c1-22-25-8-12(18(27)28)17(26)11-7-13(20)16(14(21)15(11)25)24-6-4-19(10-24)3-5-23(2)9-19/h7-8,22H,3-6,9-10H2,1-2H3,(H,27,28). The number of fused-ring (bicyclic) bond motifs is 1. The quantitative estimate of drug-likeness (QED) is 0.828. The molecule has 4 rings (SSSR count). The van der Waals surface area contributed by atoms with Crippen LogP contribution in [0.4, 0.5) is 14.5 Å². The number of carboxylic acids is 1. The molecular weight excluding hydrogens is 370 g/mol. The van der Waals surface area contributed by atoms with Gasteiger partial charge in [0.05, 0.1) is 5.39 Å². The zero-order chi connectivity index (χ0) is 20.2. The van der Waals surface area contributed by atoms with E-state index in [1.54, 1.807) is 4.90 Å². The Morgan fingerprint density at radius 3 is 2.57 bits per heavy atom. The number of benzene rings is 1. The third-order valence-corrected chi connectivity index (χ3v) is 6.01. The van der Waals surface area contributed by atoms with Gasteiger partial charge in [0.15, 0.2) is 5.82 Å². The number of aromatic carboxylic acids is 1. The second kappa shape index (κ2) is 6.44. The summed E-state index contributed by atoms with van der Waals surface area (Å²) in [5.74, 6) is -3.16. The Bertz CT molecular complexity index is 1040. The van der Waals surface area contributed by atoms with Crippen LogP contribution in [0.5, 0.6) is 0 Å². The molecule has 7 nitrogen and oxygen atoms in total. The highest BCUT2D eigenvalue weighted by molar-refractivity contribution is 5.94. The minimum absolute atomic E-state index is 0.0262. The molecule has 2 fully saturated rings. The highest BCUT2D eigenvalue weighted by Crippen LogP contribution is 2.42. The molecule has 0 saturated carbocycles. The van der Waals surface area contributed by atoms with Crippen LogP contribution in [-0.4, -0.2) is 60.9 Å². The number of halogens is 2. The van der Waals surface area contributed by atoms with E-state index in [2.05, 4.69) is 10.3 Å². The lowest BCUT2D eigenvalue weighted by Gasteiger charge is -2.26. The summed E-state index contributed by atoms with van der Waals surface area (Å²) in [5.41, 5.74) is 0.900. The maximum Gasteiger partial charge on any atom is 0.341 e. The number of nitrogens with one attached hydrogen (secondary N) is 1. The van der Waals surface area contributed by atoms with Gasteiger partial charge in [-0.25, -0.2) is 13.6 Å². The molecule has 0 aliphatic carbocycles. The van der Waals surface area contributed by atoms with E-state index in [1.807, 2.05) is 7.05 Å². The molecule has 28 heavy (non-hydrogen) atoms. The van der Waals surface area contributed by atoms with Gasteiger partial charge in [0.2, 0.25) is 5.43 Å². The van der Waals surface area contributed by atoms with Crippen LogP contribution >= 0.6 is 0 Å². The zero-order valence-corrected chi connectivity index (χ0v) is 15.8. The van der Waals surface area contributed by atoms with Crippen molar-refractivity contribution >= 4 is 22.6 Å². The summed E-state index contributed by atoms with van der Waals surface area (Å²) in [7, 11) is 3.51. The molecule has 1 unspecified atom stereocenters. The van der Waals surface area contributed by atoms with Gasteiger partial charge >= 0.3 is 5.97 Å². The van der Waals surface area contributed by atoms with E-state index in [0.717, 1.165) is 42.9 Å². The number of carboxylic acid groups (broad SMARTS) is 1. The fourth-order valence-corrected chi connectivity index (χ4v) is 4.64. The van der Waals surface area contributed by atoms with Gasteiger partial charge in [-0.05, 0) is 32.5 Å². The monoisotopic (exact) mass is 392 g/mol. The number of nitrogens with zero attached hydrogens (tertiary/aromatic N) is 3. The molecule has 9 heteroatoms. The molecule has 1 aromatic carbocycles. The van der Waals surface area contributed by atoms with Gasteiger partial charge in [-0.3, -0.25) is 9.47 Å². The van der Waals surface area contributed by atoms with Crippen molar-refractivity contribution < 1.29 is 18.7 Å². The molecule has 1 atom stereocenters. The number of hydrogen-bond donors (Lipinski definition) is 2. The average Bonchev–Trinajstić information content (AvgIpc) is 3.21. The van der Waals surface area contributed by atoms with E-state index in [4.69, 9.17) is 0 Å². The van der Waals surface area contributed by atoms with Gasteiger partial charge in [-0.15, -0.1) is 0 Å². The molecule has 2 aromatic rings. The van der Waals surface area contributed by atoms with E-state index in [9.17, 15) is 19.1 Å². The van der Waals surface area contributed by atoms with E-state index >= 15 is 4.39 Å². The van der Waals surface area contributed by atoms with E-state index < -0.39 is 28.6 Å². The Labute approximate surface area is 160 Å². The van der Waals surface area contributed by atoms with E-state index in [0.29, 0.717) is 13.1 Å². The number of pyridine rings is 1. The number of carbonyl (C=O) groups is 1. The first-order valence-corrected chi connectivity index (χ1v) is 9.18. The van der Waals surface area contributed by atoms with E-state index in [1.165, 1.54) is 7.05 Å². The first-order valence-electron chi connectivity index (χ1n) is 9.18. The predicted octanol–water partition coefficient (Wildman–Crippen LogP) is 1.68. The first-order chi connectivity index (χ1) is 13.3. The third-order valence-electron chi connectivity index (χ3n) is 6.01. The molecule has 1 spiro atoms. The highest BCUT2D eigenvalue weighted by atomic mass is 19.1. The Hall–Kier alpha value is -2.68. The topological polar surface area (TPSA) is 77.8 Å². The predicted molar refractivity (Wildman–Crippen MR) is 102 cm³/mol.